The molecule has 6 nitrogen and oxygen atoms in total. The van der Waals surface area contributed by atoms with Crippen molar-refractivity contribution in [2.75, 3.05) is 57.3 Å². The number of halogens is 2. The summed E-state index contributed by atoms with van der Waals surface area (Å²) in [6, 6.07) is 13.5. The summed E-state index contributed by atoms with van der Waals surface area (Å²) >= 11 is 5.92. The maximum Gasteiger partial charge on any atom is 0.253 e. The Balaban J connectivity index is 1.19. The number of anilines is 1. The number of piperidine rings is 1. The first-order valence-corrected chi connectivity index (χ1v) is 11.9. The minimum Gasteiger partial charge on any atom is -0.369 e. The van der Waals surface area contributed by atoms with Gasteiger partial charge >= 0.3 is 0 Å². The van der Waals surface area contributed by atoms with E-state index in [0.29, 0.717) is 30.2 Å². The van der Waals surface area contributed by atoms with Crippen LogP contribution in [0.3, 0.4) is 0 Å². The molecular weight excluding hydrogens is 443 g/mol. The number of amides is 2. The Hall–Kier alpha value is -2.64. The largest absolute Gasteiger partial charge is 0.369 e. The first-order chi connectivity index (χ1) is 16.0. The van der Waals surface area contributed by atoms with Crippen molar-refractivity contribution < 1.29 is 14.0 Å². The van der Waals surface area contributed by atoms with Crippen LogP contribution < -0.4 is 10.2 Å². The molecular formula is C25H30ClFN4O2. The van der Waals surface area contributed by atoms with Crippen molar-refractivity contribution in [2.45, 2.75) is 12.8 Å². The van der Waals surface area contributed by atoms with Gasteiger partial charge < -0.3 is 15.1 Å². The third-order valence-corrected chi connectivity index (χ3v) is 6.71. The number of carbonyl (C=O) groups excluding carboxylic acids is 2. The van der Waals surface area contributed by atoms with E-state index in [2.05, 4.69) is 15.1 Å². The van der Waals surface area contributed by atoms with E-state index in [9.17, 15) is 14.0 Å². The van der Waals surface area contributed by atoms with E-state index in [1.54, 1.807) is 29.2 Å². The number of benzene rings is 2. The van der Waals surface area contributed by atoms with Gasteiger partial charge in [-0.15, -0.1) is 0 Å². The average Bonchev–Trinajstić information content (AvgIpc) is 2.85. The first-order valence-electron chi connectivity index (χ1n) is 11.5. The summed E-state index contributed by atoms with van der Waals surface area (Å²) < 4.78 is 13.1. The Morgan fingerprint density at radius 3 is 2.36 bits per heavy atom. The number of nitrogens with one attached hydrogen (secondary N) is 1. The SMILES string of the molecule is O=C(NCCN1CCN(c2ccc(F)cc2)CC1)C1CCCN(C(=O)c2ccc(Cl)cc2)C1. The summed E-state index contributed by atoms with van der Waals surface area (Å²) in [5.74, 6) is -0.425. The number of piperazine rings is 1. The van der Waals surface area contributed by atoms with Gasteiger partial charge in [-0.05, 0) is 61.4 Å². The zero-order valence-corrected chi connectivity index (χ0v) is 19.4. The van der Waals surface area contributed by atoms with Crippen molar-refractivity contribution in [1.29, 1.82) is 0 Å². The lowest BCUT2D eigenvalue weighted by molar-refractivity contribution is -0.126. The van der Waals surface area contributed by atoms with Gasteiger partial charge in [-0.3, -0.25) is 14.5 Å². The molecule has 0 bridgehead atoms. The average molecular weight is 473 g/mol. The molecule has 0 aliphatic carbocycles. The fourth-order valence-electron chi connectivity index (χ4n) is 4.51. The molecule has 2 aliphatic rings. The summed E-state index contributed by atoms with van der Waals surface area (Å²) in [6.45, 7) is 6.07. The molecule has 0 radical (unpaired) electrons. The van der Waals surface area contributed by atoms with Crippen molar-refractivity contribution in [1.82, 2.24) is 15.1 Å². The van der Waals surface area contributed by atoms with Crippen molar-refractivity contribution >= 4 is 29.1 Å². The van der Waals surface area contributed by atoms with Crippen LogP contribution in [0.15, 0.2) is 48.5 Å². The van der Waals surface area contributed by atoms with E-state index in [1.807, 2.05) is 12.1 Å². The molecule has 2 fully saturated rings. The van der Waals surface area contributed by atoms with Gasteiger partial charge in [0.25, 0.3) is 5.91 Å². The summed E-state index contributed by atoms with van der Waals surface area (Å²) in [7, 11) is 0. The van der Waals surface area contributed by atoms with Gasteiger partial charge in [0.15, 0.2) is 0 Å². The highest BCUT2D eigenvalue weighted by Gasteiger charge is 2.29. The number of carbonyl (C=O) groups is 2. The Labute approximate surface area is 199 Å². The number of hydrogen-bond acceptors (Lipinski definition) is 4. The zero-order chi connectivity index (χ0) is 23.2. The van der Waals surface area contributed by atoms with Crippen LogP contribution in [-0.2, 0) is 4.79 Å². The molecule has 0 saturated carbocycles. The fraction of sp³-hybridized carbons (Fsp3) is 0.440. The summed E-state index contributed by atoms with van der Waals surface area (Å²) in [4.78, 5) is 31.9. The number of likely N-dealkylation sites (tertiary alicyclic amines) is 1. The van der Waals surface area contributed by atoms with Gasteiger partial charge in [-0.2, -0.15) is 0 Å². The third kappa shape index (κ3) is 6.24. The third-order valence-electron chi connectivity index (χ3n) is 6.46. The highest BCUT2D eigenvalue weighted by molar-refractivity contribution is 6.30. The molecule has 33 heavy (non-hydrogen) atoms. The van der Waals surface area contributed by atoms with Crippen LogP contribution in [0.2, 0.25) is 5.02 Å². The van der Waals surface area contributed by atoms with E-state index in [0.717, 1.165) is 51.3 Å². The maximum absolute atomic E-state index is 13.1. The molecule has 2 aromatic rings. The molecule has 8 heteroatoms. The number of rotatable bonds is 6. The summed E-state index contributed by atoms with van der Waals surface area (Å²) in [5.41, 5.74) is 1.64. The second-order valence-corrected chi connectivity index (χ2v) is 9.13. The van der Waals surface area contributed by atoms with Gasteiger partial charge in [-0.25, -0.2) is 4.39 Å². The lowest BCUT2D eigenvalue weighted by Gasteiger charge is -2.36. The van der Waals surface area contributed by atoms with E-state index in [1.165, 1.54) is 12.1 Å². The van der Waals surface area contributed by atoms with Gasteiger partial charge in [-0.1, -0.05) is 11.6 Å². The van der Waals surface area contributed by atoms with Crippen LogP contribution in [-0.4, -0.2) is 74.0 Å². The van der Waals surface area contributed by atoms with Crippen molar-refractivity contribution in [3.63, 3.8) is 0 Å². The quantitative estimate of drug-likeness (QED) is 0.701. The maximum atomic E-state index is 13.1. The van der Waals surface area contributed by atoms with Crippen LogP contribution in [0.4, 0.5) is 10.1 Å². The van der Waals surface area contributed by atoms with Crippen LogP contribution in [0.25, 0.3) is 0 Å². The van der Waals surface area contributed by atoms with Gasteiger partial charge in [0.1, 0.15) is 5.82 Å². The van der Waals surface area contributed by atoms with Gasteiger partial charge in [0.05, 0.1) is 5.92 Å². The Bertz CT molecular complexity index is 946. The molecule has 1 N–H and O–H groups in total. The Morgan fingerprint density at radius 1 is 0.970 bits per heavy atom. The minimum atomic E-state index is -0.219. The molecule has 2 aliphatic heterocycles. The summed E-state index contributed by atoms with van der Waals surface area (Å²) in [6.07, 6.45) is 1.62. The van der Waals surface area contributed by atoms with Gasteiger partial charge in [0.2, 0.25) is 5.91 Å². The lowest BCUT2D eigenvalue weighted by atomic mass is 9.96. The molecule has 2 amide bonds. The predicted octanol–water partition coefficient (Wildman–Crippen LogP) is 3.27. The first kappa shape index (κ1) is 23.5. The molecule has 0 spiro atoms. The lowest BCUT2D eigenvalue weighted by Crippen LogP contribution is -2.50. The minimum absolute atomic E-state index is 0.0218. The Kier molecular flexibility index (Phi) is 7.83. The van der Waals surface area contributed by atoms with Crippen molar-refractivity contribution in [3.8, 4) is 0 Å². The van der Waals surface area contributed by atoms with E-state index >= 15 is 0 Å². The Morgan fingerprint density at radius 2 is 1.67 bits per heavy atom. The van der Waals surface area contributed by atoms with Crippen LogP contribution >= 0.6 is 11.6 Å². The molecule has 2 saturated heterocycles. The van der Waals surface area contributed by atoms with Crippen LogP contribution in [0, 0.1) is 11.7 Å². The van der Waals surface area contributed by atoms with E-state index < -0.39 is 0 Å². The van der Waals surface area contributed by atoms with Crippen molar-refractivity contribution in [2.24, 2.45) is 5.92 Å². The smallest absolute Gasteiger partial charge is 0.253 e. The predicted molar refractivity (Wildman–Crippen MR) is 128 cm³/mol. The standard InChI is InChI=1S/C25H30ClFN4O2/c26-21-5-3-19(4-6-21)25(33)31-12-1-2-20(18-31)24(32)28-11-13-29-14-16-30(17-15-29)23-9-7-22(27)8-10-23/h3-10,20H,1-2,11-18H2,(H,28,32). The second-order valence-electron chi connectivity index (χ2n) is 8.69. The highest BCUT2D eigenvalue weighted by Crippen LogP contribution is 2.20. The second kappa shape index (κ2) is 11.0. The topological polar surface area (TPSA) is 55.9 Å². The molecule has 0 aromatic heterocycles. The summed E-state index contributed by atoms with van der Waals surface area (Å²) in [5, 5.41) is 3.66. The van der Waals surface area contributed by atoms with E-state index in [-0.39, 0.29) is 23.5 Å². The van der Waals surface area contributed by atoms with Crippen LogP contribution in [0.1, 0.15) is 23.2 Å². The molecule has 2 heterocycles. The number of hydrogen-bond donors (Lipinski definition) is 1. The zero-order valence-electron chi connectivity index (χ0n) is 18.7. The van der Waals surface area contributed by atoms with Crippen molar-refractivity contribution in [3.05, 3.63) is 64.9 Å². The fourth-order valence-corrected chi connectivity index (χ4v) is 4.64. The van der Waals surface area contributed by atoms with E-state index in [4.69, 9.17) is 11.6 Å². The molecule has 4 rings (SSSR count). The number of nitrogens with zero attached hydrogens (tertiary/aromatic N) is 3. The normalized spacial score (nSPS) is 19.4. The molecule has 2 aromatic carbocycles. The monoisotopic (exact) mass is 472 g/mol. The highest BCUT2D eigenvalue weighted by atomic mass is 35.5. The molecule has 176 valence electrons. The van der Waals surface area contributed by atoms with Gasteiger partial charge in [0, 0.05) is 68.6 Å². The van der Waals surface area contributed by atoms with Crippen LogP contribution in [0.5, 0.6) is 0 Å². The molecule has 1 unspecified atom stereocenters. The molecule has 1 atom stereocenters.